The van der Waals surface area contributed by atoms with Gasteiger partial charge in [0.1, 0.15) is 23.1 Å². The van der Waals surface area contributed by atoms with E-state index in [-0.39, 0.29) is 0 Å². The van der Waals surface area contributed by atoms with Crippen molar-refractivity contribution < 1.29 is 4.40 Å². The maximum atomic E-state index is 4.51. The highest BCUT2D eigenvalue weighted by Gasteiger charge is 2.31. The first-order valence-electron chi connectivity index (χ1n) is 6.13. The van der Waals surface area contributed by atoms with Gasteiger partial charge in [-0.3, -0.25) is 9.97 Å². The molecule has 0 bridgehead atoms. The van der Waals surface area contributed by atoms with E-state index in [0.29, 0.717) is 0 Å². The van der Waals surface area contributed by atoms with Crippen molar-refractivity contribution in [3.05, 3.63) is 48.5 Å². The van der Waals surface area contributed by atoms with E-state index in [1.54, 1.807) is 11.3 Å². The van der Waals surface area contributed by atoms with Crippen LogP contribution in [0.1, 0.15) is 5.56 Å². The van der Waals surface area contributed by atoms with Gasteiger partial charge in [-0.2, -0.15) is 4.40 Å². The van der Waals surface area contributed by atoms with E-state index >= 15 is 0 Å². The Morgan fingerprint density at radius 2 is 2.26 bits per heavy atom. The van der Waals surface area contributed by atoms with Crippen molar-refractivity contribution in [1.82, 2.24) is 14.5 Å². The second-order valence-corrected chi connectivity index (χ2v) is 5.72. The van der Waals surface area contributed by atoms with Gasteiger partial charge in [0.05, 0.1) is 0 Å². The van der Waals surface area contributed by atoms with Gasteiger partial charge in [0.15, 0.2) is 11.2 Å². The Labute approximate surface area is 112 Å². The zero-order valence-electron chi connectivity index (χ0n) is 9.95. The summed E-state index contributed by atoms with van der Waals surface area (Å²) in [4.78, 5) is 9.96. The van der Waals surface area contributed by atoms with E-state index in [0.717, 1.165) is 12.2 Å². The molecule has 0 amide bonds. The molecule has 5 heteroatoms. The number of imidazole rings is 1. The quantitative estimate of drug-likeness (QED) is 0.403. The number of nitrogens with zero attached hydrogens (tertiary/aromatic N) is 4. The summed E-state index contributed by atoms with van der Waals surface area (Å²) in [5, 5.41) is 0. The first-order valence-corrected chi connectivity index (χ1v) is 6.95. The average Bonchev–Trinajstić information content (AvgIpc) is 3.07. The Kier molecular flexibility index (Phi) is 1.62. The Bertz CT molecular complexity index is 951. The summed E-state index contributed by atoms with van der Waals surface area (Å²) in [7, 11) is 0. The molecular weight excluding hydrogens is 256 g/mol. The van der Waals surface area contributed by atoms with Crippen molar-refractivity contribution in [3.63, 3.8) is 0 Å². The number of pyridine rings is 2. The molecule has 0 aliphatic carbocycles. The molecule has 1 aliphatic heterocycles. The zero-order valence-corrected chi connectivity index (χ0v) is 10.8. The Morgan fingerprint density at radius 1 is 1.26 bits per heavy atom. The minimum Gasteiger partial charge on any atom is -0.263 e. The van der Waals surface area contributed by atoms with E-state index in [1.807, 2.05) is 24.7 Å². The lowest BCUT2D eigenvalue weighted by Gasteiger charge is -1.91. The van der Waals surface area contributed by atoms with Crippen molar-refractivity contribution in [2.45, 2.75) is 6.54 Å². The predicted octanol–water partition coefficient (Wildman–Crippen LogP) is 2.26. The summed E-state index contributed by atoms with van der Waals surface area (Å²) in [6, 6.07) is 6.22. The minimum absolute atomic E-state index is 0.912. The van der Waals surface area contributed by atoms with E-state index in [2.05, 4.69) is 37.3 Å². The van der Waals surface area contributed by atoms with Crippen LogP contribution < -0.4 is 4.40 Å². The van der Waals surface area contributed by atoms with Crippen LogP contribution in [-0.2, 0) is 6.54 Å². The molecule has 0 atom stereocenters. The highest BCUT2D eigenvalue weighted by Crippen LogP contribution is 2.33. The highest BCUT2D eigenvalue weighted by atomic mass is 32.1. The van der Waals surface area contributed by atoms with Gasteiger partial charge in [-0.05, 0) is 17.4 Å². The van der Waals surface area contributed by atoms with Crippen molar-refractivity contribution >= 4 is 26.5 Å². The molecule has 0 unspecified atom stereocenters. The summed E-state index contributed by atoms with van der Waals surface area (Å²) in [6.45, 7) is 0.912. The first-order chi connectivity index (χ1) is 9.42. The fraction of sp³-hybridized carbons (Fsp3) is 0.0714. The molecule has 19 heavy (non-hydrogen) atoms. The van der Waals surface area contributed by atoms with Crippen LogP contribution in [0.25, 0.3) is 26.6 Å². The van der Waals surface area contributed by atoms with Crippen LogP contribution >= 0.6 is 11.3 Å². The van der Waals surface area contributed by atoms with E-state index in [4.69, 9.17) is 0 Å². The van der Waals surface area contributed by atoms with Gasteiger partial charge in [0.2, 0.25) is 0 Å². The van der Waals surface area contributed by atoms with Crippen LogP contribution in [0.15, 0.2) is 43.0 Å². The SMILES string of the molecule is c1cnc2c(c1)Cn1c-2c[n+]2c3ccncc3sc12. The zero-order chi connectivity index (χ0) is 12.4. The van der Waals surface area contributed by atoms with Crippen LogP contribution in [0, 0.1) is 0 Å². The third-order valence-corrected chi connectivity index (χ3v) is 4.80. The minimum atomic E-state index is 0.912. The van der Waals surface area contributed by atoms with Gasteiger partial charge in [0, 0.05) is 30.2 Å². The lowest BCUT2D eigenvalue weighted by molar-refractivity contribution is -0.476. The number of hydrogen-bond acceptors (Lipinski definition) is 3. The molecule has 0 saturated heterocycles. The normalized spacial score (nSPS) is 13.1. The van der Waals surface area contributed by atoms with Crippen LogP contribution in [0.2, 0.25) is 0 Å². The Morgan fingerprint density at radius 3 is 3.26 bits per heavy atom. The summed E-state index contributed by atoms with van der Waals surface area (Å²) in [5.74, 6) is 0. The monoisotopic (exact) mass is 265 g/mol. The Hall–Kier alpha value is -2.27. The first kappa shape index (κ1) is 9.63. The summed E-state index contributed by atoms with van der Waals surface area (Å²) in [5.41, 5.74) is 4.84. The molecule has 0 aromatic carbocycles. The molecule has 0 spiro atoms. The molecule has 4 aromatic heterocycles. The fourth-order valence-corrected chi connectivity index (χ4v) is 3.92. The van der Waals surface area contributed by atoms with Crippen LogP contribution in [0.5, 0.6) is 0 Å². The lowest BCUT2D eigenvalue weighted by Crippen LogP contribution is -2.16. The third-order valence-electron chi connectivity index (χ3n) is 3.67. The van der Waals surface area contributed by atoms with Crippen molar-refractivity contribution in [3.8, 4) is 11.4 Å². The molecule has 5 rings (SSSR count). The van der Waals surface area contributed by atoms with Crippen LogP contribution in [-0.4, -0.2) is 14.5 Å². The molecular formula is C14H9N4S+. The van der Waals surface area contributed by atoms with Crippen LogP contribution in [0.3, 0.4) is 0 Å². The fourth-order valence-electron chi connectivity index (χ4n) is 2.81. The van der Waals surface area contributed by atoms with Gasteiger partial charge in [-0.25, -0.2) is 4.57 Å². The maximum absolute atomic E-state index is 4.51. The standard InChI is InChI=1S/C14H9N4S/c1-2-9-7-17-11(13(9)16-4-1)8-18-10-3-5-15-6-12(10)19-14(17)18/h1-6,8H,7H2/q+1. The topological polar surface area (TPSA) is 34.8 Å². The summed E-state index contributed by atoms with van der Waals surface area (Å²) < 4.78 is 5.80. The molecule has 1 aliphatic rings. The molecule has 0 N–H and O–H groups in total. The third kappa shape index (κ3) is 1.11. The predicted molar refractivity (Wildman–Crippen MR) is 73.1 cm³/mol. The maximum Gasteiger partial charge on any atom is 0.347 e. The van der Waals surface area contributed by atoms with Crippen molar-refractivity contribution in [1.29, 1.82) is 0 Å². The van der Waals surface area contributed by atoms with Gasteiger partial charge in [0.25, 0.3) is 0 Å². The second kappa shape index (κ2) is 3.19. The molecule has 4 aromatic rings. The molecule has 0 saturated carbocycles. The lowest BCUT2D eigenvalue weighted by atomic mass is 10.2. The smallest absolute Gasteiger partial charge is 0.263 e. The number of thiazole rings is 1. The van der Waals surface area contributed by atoms with Crippen molar-refractivity contribution in [2.24, 2.45) is 0 Å². The van der Waals surface area contributed by atoms with Gasteiger partial charge in [-0.1, -0.05) is 6.07 Å². The molecule has 90 valence electrons. The molecule has 0 fully saturated rings. The van der Waals surface area contributed by atoms with Crippen molar-refractivity contribution in [2.75, 3.05) is 0 Å². The highest BCUT2D eigenvalue weighted by molar-refractivity contribution is 7.22. The second-order valence-electron chi connectivity index (χ2n) is 4.71. The number of rotatable bonds is 0. The number of hydrogen-bond donors (Lipinski definition) is 0. The summed E-state index contributed by atoms with van der Waals surface area (Å²) in [6.07, 6.45) is 7.83. The van der Waals surface area contributed by atoms with E-state index in [9.17, 15) is 0 Å². The largest absolute Gasteiger partial charge is 0.347 e. The van der Waals surface area contributed by atoms with Gasteiger partial charge < -0.3 is 0 Å². The van der Waals surface area contributed by atoms with E-state index < -0.39 is 0 Å². The van der Waals surface area contributed by atoms with Gasteiger partial charge >= 0.3 is 4.96 Å². The average molecular weight is 265 g/mol. The number of fused-ring (bicyclic) bond motifs is 7. The Balaban J connectivity index is 1.93. The number of aromatic nitrogens is 4. The molecule has 4 nitrogen and oxygen atoms in total. The van der Waals surface area contributed by atoms with E-state index in [1.165, 1.54) is 26.4 Å². The summed E-state index contributed by atoms with van der Waals surface area (Å²) >= 11 is 1.78. The molecule has 5 heterocycles. The van der Waals surface area contributed by atoms with Crippen LogP contribution in [0.4, 0.5) is 0 Å². The molecule has 0 radical (unpaired) electrons. The van der Waals surface area contributed by atoms with Gasteiger partial charge in [-0.15, -0.1) is 0 Å².